The van der Waals surface area contributed by atoms with Gasteiger partial charge < -0.3 is 71.4 Å². The van der Waals surface area contributed by atoms with Gasteiger partial charge in [0.15, 0.2) is 48.1 Å². The summed E-state index contributed by atoms with van der Waals surface area (Å²) in [4.78, 5) is 132. The number of piperidine rings is 1. The highest BCUT2D eigenvalue weighted by molar-refractivity contribution is 5.96. The number of carbonyl (C=O) groups is 10. The van der Waals surface area contributed by atoms with Crippen LogP contribution in [0.25, 0.3) is 0 Å². The third-order valence-corrected chi connectivity index (χ3v) is 14.8. The first kappa shape index (κ1) is 63.3. The molecule has 4 fully saturated rings. The molecule has 11 unspecified atom stereocenters. The molecule has 0 saturated carbocycles. The molecule has 0 radical (unpaired) electrons. The molecule has 0 aromatic heterocycles. The number of hydrogen-bond donors (Lipinski definition) is 0. The first-order valence-electron chi connectivity index (χ1n) is 27.1. The van der Waals surface area contributed by atoms with E-state index in [0.717, 1.165) is 41.5 Å². The van der Waals surface area contributed by atoms with Crippen molar-refractivity contribution in [1.82, 2.24) is 9.80 Å². The maximum Gasteiger partial charge on any atom is 0.303 e. The van der Waals surface area contributed by atoms with Gasteiger partial charge in [0.05, 0.1) is 32.8 Å². The molecule has 25 heteroatoms. The SMILES string of the molecule is COc1cc(C(=O)N2CCC3(CC2)C(=O)N(Cc2ccc(CC4OC(COC(C)=O)C(OC(C)=O)C(OC(C)=O)C4OC(C)=O)cc2)C3c2ccc(C3OC(COC(C)=O)C(OC(C)=O)C(OC(C)=O)C3OC(C)=O)cc2)cc(OC)c1OC. The summed E-state index contributed by atoms with van der Waals surface area (Å²) in [5, 5.41) is 0. The molecule has 2 amide bonds. The first-order chi connectivity index (χ1) is 39.9. The summed E-state index contributed by atoms with van der Waals surface area (Å²) >= 11 is 0. The molecule has 4 saturated heterocycles. The number of esters is 8. The standard InChI is InChI=1S/C59H70N2O23/c1-30(62)75-28-46-51(78-33(4)65)54(81-36(7)68)50(77-32(3)64)45(83-46)24-38-12-14-39(15-13-38)27-61-56(59(58(61)71)20-22-60(23-21-59)57(70)42-25-43(72-9)49(74-11)44(26-42)73-10)41-18-16-40(17-19-41)48-53(80-35(6)67)55(82-37(8)69)52(79-34(5)66)47(84-48)29-76-31(2)63/h12-19,25-26,45-48,50-56H,20-24,27-29H2,1-11H3. The van der Waals surface area contributed by atoms with Crippen molar-refractivity contribution in [3.05, 3.63) is 88.5 Å². The third kappa shape index (κ3) is 14.5. The number of carbonyl (C=O) groups excluding carboxylic acids is 10. The lowest BCUT2D eigenvalue weighted by Crippen LogP contribution is -2.66. The monoisotopic (exact) mass is 1170 g/mol. The zero-order chi connectivity index (χ0) is 61.3. The van der Waals surface area contributed by atoms with E-state index in [1.807, 2.05) is 12.1 Å². The van der Waals surface area contributed by atoms with E-state index in [1.165, 1.54) is 35.2 Å². The molecule has 1 spiro atoms. The summed E-state index contributed by atoms with van der Waals surface area (Å²) in [6.07, 6.45) is -12.0. The van der Waals surface area contributed by atoms with E-state index in [1.54, 1.807) is 58.3 Å². The number of hydrogen-bond acceptors (Lipinski definition) is 23. The highest BCUT2D eigenvalue weighted by Gasteiger charge is 2.62. The van der Waals surface area contributed by atoms with Crippen LogP contribution in [0.3, 0.4) is 0 Å². The third-order valence-electron chi connectivity index (χ3n) is 14.8. The van der Waals surface area contributed by atoms with Crippen LogP contribution in [-0.2, 0) is 103 Å². The van der Waals surface area contributed by atoms with Crippen LogP contribution in [0, 0.1) is 5.41 Å². The zero-order valence-corrected chi connectivity index (χ0v) is 48.6. The Balaban J connectivity index is 1.21. The number of benzene rings is 3. The second-order valence-electron chi connectivity index (χ2n) is 20.7. The van der Waals surface area contributed by atoms with Gasteiger partial charge >= 0.3 is 47.8 Å². The molecule has 84 heavy (non-hydrogen) atoms. The van der Waals surface area contributed by atoms with Gasteiger partial charge in [0.2, 0.25) is 11.7 Å². The van der Waals surface area contributed by atoms with Crippen molar-refractivity contribution in [3.8, 4) is 17.2 Å². The fraction of sp³-hybridized carbons (Fsp3) is 0.525. The van der Waals surface area contributed by atoms with Crippen LogP contribution in [0.1, 0.15) is 113 Å². The fourth-order valence-corrected chi connectivity index (χ4v) is 11.5. The average molecular weight is 1180 g/mol. The van der Waals surface area contributed by atoms with Crippen molar-refractivity contribution < 1.29 is 110 Å². The normalized spacial score (nSPS) is 25.1. The van der Waals surface area contributed by atoms with Crippen molar-refractivity contribution in [2.24, 2.45) is 5.41 Å². The molecule has 11 atom stereocenters. The van der Waals surface area contributed by atoms with Gasteiger partial charge in [-0.2, -0.15) is 0 Å². The van der Waals surface area contributed by atoms with E-state index in [9.17, 15) is 47.9 Å². The Labute approximate surface area is 484 Å². The molecule has 0 aliphatic carbocycles. The second kappa shape index (κ2) is 27.4. The van der Waals surface area contributed by atoms with Gasteiger partial charge in [0, 0.05) is 87.0 Å². The Hall–Kier alpha value is -8.32. The molecule has 454 valence electrons. The van der Waals surface area contributed by atoms with Crippen LogP contribution >= 0.6 is 0 Å². The minimum absolute atomic E-state index is 0.0605. The molecule has 3 aromatic rings. The summed E-state index contributed by atoms with van der Waals surface area (Å²) in [5.74, 6) is -5.50. The van der Waals surface area contributed by atoms with Gasteiger partial charge in [-0.05, 0) is 47.2 Å². The molecular weight excluding hydrogens is 1100 g/mol. The molecule has 25 nitrogen and oxygen atoms in total. The minimum Gasteiger partial charge on any atom is -0.493 e. The van der Waals surface area contributed by atoms with E-state index in [4.69, 9.17) is 61.6 Å². The number of amides is 2. The van der Waals surface area contributed by atoms with Crippen molar-refractivity contribution in [3.63, 3.8) is 0 Å². The summed E-state index contributed by atoms with van der Waals surface area (Å²) in [6, 6.07) is 16.7. The van der Waals surface area contributed by atoms with Gasteiger partial charge in [0.1, 0.15) is 37.6 Å². The van der Waals surface area contributed by atoms with Crippen molar-refractivity contribution in [1.29, 1.82) is 0 Å². The van der Waals surface area contributed by atoms with Crippen molar-refractivity contribution in [2.45, 2.75) is 148 Å². The molecule has 4 aliphatic heterocycles. The maximum atomic E-state index is 15.0. The summed E-state index contributed by atoms with van der Waals surface area (Å²) in [5.41, 5.74) is 1.75. The number of methoxy groups -OCH3 is 3. The topological polar surface area (TPSA) is 297 Å². The maximum absolute atomic E-state index is 15.0. The second-order valence-corrected chi connectivity index (χ2v) is 20.7. The van der Waals surface area contributed by atoms with E-state index in [2.05, 4.69) is 0 Å². The minimum atomic E-state index is -1.41. The van der Waals surface area contributed by atoms with E-state index in [-0.39, 0.29) is 62.9 Å². The summed E-state index contributed by atoms with van der Waals surface area (Å²) < 4.78 is 73.7. The number of likely N-dealkylation sites (tertiary alicyclic amines) is 2. The van der Waals surface area contributed by atoms with Crippen LogP contribution in [0.4, 0.5) is 0 Å². The predicted octanol–water partition coefficient (Wildman–Crippen LogP) is 4.18. The predicted molar refractivity (Wildman–Crippen MR) is 286 cm³/mol. The van der Waals surface area contributed by atoms with Gasteiger partial charge in [0.25, 0.3) is 5.91 Å². The van der Waals surface area contributed by atoms with Gasteiger partial charge in [-0.3, -0.25) is 47.9 Å². The lowest BCUT2D eigenvalue weighted by molar-refractivity contribution is -0.254. The Kier molecular flexibility index (Phi) is 20.6. The van der Waals surface area contributed by atoms with E-state index >= 15 is 0 Å². The molecule has 0 bridgehead atoms. The Bertz CT molecular complexity index is 2930. The van der Waals surface area contributed by atoms with Gasteiger partial charge in [-0.1, -0.05) is 48.5 Å². The molecule has 0 N–H and O–H groups in total. The number of nitrogens with zero attached hydrogens (tertiary/aromatic N) is 2. The van der Waals surface area contributed by atoms with Crippen LogP contribution in [0.2, 0.25) is 0 Å². The van der Waals surface area contributed by atoms with Crippen molar-refractivity contribution in [2.75, 3.05) is 47.6 Å². The zero-order valence-electron chi connectivity index (χ0n) is 48.6. The Morgan fingerprint density at radius 1 is 0.500 bits per heavy atom. The smallest absolute Gasteiger partial charge is 0.303 e. The largest absolute Gasteiger partial charge is 0.493 e. The highest BCUT2D eigenvalue weighted by atomic mass is 16.7. The van der Waals surface area contributed by atoms with Crippen molar-refractivity contribution >= 4 is 59.6 Å². The van der Waals surface area contributed by atoms with Crippen LogP contribution in [0.5, 0.6) is 17.2 Å². The molecule has 7 rings (SSSR count). The number of ether oxygens (including phenoxy) is 13. The Morgan fingerprint density at radius 2 is 0.917 bits per heavy atom. The van der Waals surface area contributed by atoms with E-state index < -0.39 is 127 Å². The molecule has 3 aromatic carbocycles. The summed E-state index contributed by atoms with van der Waals surface area (Å²) in [7, 11) is 4.35. The Morgan fingerprint density at radius 3 is 1.37 bits per heavy atom. The van der Waals surface area contributed by atoms with Crippen LogP contribution in [0.15, 0.2) is 60.7 Å². The highest BCUT2D eigenvalue weighted by Crippen LogP contribution is 2.57. The summed E-state index contributed by atoms with van der Waals surface area (Å²) in [6.45, 7) is 8.90. The average Bonchev–Trinajstić information content (AvgIpc) is 0.768. The number of β-lactam (4-membered cyclic amide) rings is 1. The molecule has 4 aliphatic rings. The fourth-order valence-electron chi connectivity index (χ4n) is 11.5. The molecule has 4 heterocycles. The van der Waals surface area contributed by atoms with Crippen LogP contribution in [-0.4, -0.2) is 172 Å². The first-order valence-corrected chi connectivity index (χ1v) is 27.1. The lowest BCUT2D eigenvalue weighted by atomic mass is 9.62. The van der Waals surface area contributed by atoms with Gasteiger partial charge in [-0.15, -0.1) is 0 Å². The molecular formula is C59H70N2O23. The lowest BCUT2D eigenvalue weighted by Gasteiger charge is -2.59. The van der Waals surface area contributed by atoms with E-state index in [0.29, 0.717) is 39.5 Å². The number of rotatable bonds is 20. The van der Waals surface area contributed by atoms with Gasteiger partial charge in [-0.25, -0.2) is 0 Å². The quantitative estimate of drug-likeness (QED) is 0.0870. The van der Waals surface area contributed by atoms with Crippen LogP contribution < -0.4 is 14.2 Å².